The topological polar surface area (TPSA) is 66.5 Å². The molecule has 0 spiro atoms. The first kappa shape index (κ1) is 11.6. The van der Waals surface area contributed by atoms with Gasteiger partial charge < -0.3 is 10.3 Å². The van der Waals surface area contributed by atoms with Crippen LogP contribution in [0, 0.1) is 5.82 Å². The number of aromatic nitrogens is 4. The number of rotatable bonds is 4. The van der Waals surface area contributed by atoms with E-state index in [0.29, 0.717) is 24.4 Å². The Kier molecular flexibility index (Phi) is 3.06. The molecule has 0 aliphatic heterocycles. The van der Waals surface area contributed by atoms with Crippen LogP contribution in [0.3, 0.4) is 0 Å². The number of benzene rings is 1. The second-order valence-corrected chi connectivity index (χ2v) is 4.09. The molecule has 2 heterocycles. The van der Waals surface area contributed by atoms with Gasteiger partial charge in [0.2, 0.25) is 5.95 Å². The fourth-order valence-corrected chi connectivity index (χ4v) is 1.84. The minimum atomic E-state index is -0.265. The van der Waals surface area contributed by atoms with Crippen molar-refractivity contribution in [2.45, 2.75) is 6.42 Å². The van der Waals surface area contributed by atoms with Crippen molar-refractivity contribution in [3.05, 3.63) is 48.3 Å². The van der Waals surface area contributed by atoms with Crippen LogP contribution < -0.4 is 5.32 Å². The molecule has 96 valence electrons. The summed E-state index contributed by atoms with van der Waals surface area (Å²) in [5.41, 5.74) is 1.48. The summed E-state index contributed by atoms with van der Waals surface area (Å²) in [5.74, 6) is 1.13. The molecule has 3 aromatic rings. The molecular formula is C13H12FN5. The summed E-state index contributed by atoms with van der Waals surface area (Å²) in [7, 11) is 0. The predicted molar refractivity (Wildman–Crippen MR) is 70.3 cm³/mol. The van der Waals surface area contributed by atoms with E-state index in [0.717, 1.165) is 11.3 Å². The van der Waals surface area contributed by atoms with E-state index in [9.17, 15) is 4.39 Å². The molecule has 2 N–H and O–H groups in total. The van der Waals surface area contributed by atoms with Crippen LogP contribution in [0.15, 0.2) is 36.7 Å². The number of hydrogen-bond donors (Lipinski definition) is 2. The van der Waals surface area contributed by atoms with Gasteiger partial charge in [-0.2, -0.15) is 0 Å². The lowest BCUT2D eigenvalue weighted by Gasteiger charge is -2.01. The Balaban J connectivity index is 1.65. The summed E-state index contributed by atoms with van der Waals surface area (Å²) in [6, 6.07) is 6.28. The number of nitrogens with zero attached hydrogens (tertiary/aromatic N) is 3. The number of fused-ring (bicyclic) bond motifs is 1. The highest BCUT2D eigenvalue weighted by molar-refractivity contribution is 5.74. The van der Waals surface area contributed by atoms with Crippen molar-refractivity contribution in [1.29, 1.82) is 0 Å². The number of anilines is 1. The Labute approximate surface area is 108 Å². The van der Waals surface area contributed by atoms with Gasteiger partial charge in [0.25, 0.3) is 0 Å². The Hall–Kier alpha value is -2.50. The van der Waals surface area contributed by atoms with Crippen molar-refractivity contribution < 1.29 is 4.39 Å². The molecule has 19 heavy (non-hydrogen) atoms. The lowest BCUT2D eigenvalue weighted by atomic mass is 10.3. The maximum absolute atomic E-state index is 13.0. The lowest BCUT2D eigenvalue weighted by Crippen LogP contribution is -2.08. The largest absolute Gasteiger partial charge is 0.354 e. The zero-order chi connectivity index (χ0) is 13.1. The van der Waals surface area contributed by atoms with Gasteiger partial charge in [-0.3, -0.25) is 0 Å². The minimum absolute atomic E-state index is 0.265. The molecule has 0 bridgehead atoms. The molecule has 0 aliphatic rings. The molecule has 5 nitrogen and oxygen atoms in total. The van der Waals surface area contributed by atoms with Crippen LogP contribution in [0.5, 0.6) is 0 Å². The summed E-state index contributed by atoms with van der Waals surface area (Å²) in [6.45, 7) is 0.659. The standard InChI is InChI=1S/C13H12FN5/c14-9-2-3-10-11(8-9)19-12(18-10)4-7-17-13-15-5-1-6-16-13/h1-3,5-6,8H,4,7H2,(H,18,19)(H,15,16,17). The third-order valence-corrected chi connectivity index (χ3v) is 2.70. The molecule has 3 rings (SSSR count). The van der Waals surface area contributed by atoms with Crippen molar-refractivity contribution in [2.75, 3.05) is 11.9 Å². The van der Waals surface area contributed by atoms with Crippen molar-refractivity contribution in [3.8, 4) is 0 Å². The van der Waals surface area contributed by atoms with Crippen LogP contribution in [0.25, 0.3) is 11.0 Å². The van der Waals surface area contributed by atoms with Gasteiger partial charge in [-0.25, -0.2) is 19.3 Å². The van der Waals surface area contributed by atoms with Crippen LogP contribution >= 0.6 is 0 Å². The van der Waals surface area contributed by atoms with Gasteiger partial charge in [0, 0.05) is 25.4 Å². The van der Waals surface area contributed by atoms with Crippen molar-refractivity contribution in [2.24, 2.45) is 0 Å². The zero-order valence-electron chi connectivity index (χ0n) is 10.1. The first-order chi connectivity index (χ1) is 9.31. The average Bonchev–Trinajstić information content (AvgIpc) is 2.82. The van der Waals surface area contributed by atoms with Gasteiger partial charge in [0.15, 0.2) is 0 Å². The SMILES string of the molecule is Fc1ccc2nc(CCNc3ncccn3)[nH]c2c1. The summed E-state index contributed by atoms with van der Waals surface area (Å²) >= 11 is 0. The van der Waals surface area contributed by atoms with E-state index < -0.39 is 0 Å². The summed E-state index contributed by atoms with van der Waals surface area (Å²) < 4.78 is 13.0. The Morgan fingerprint density at radius 1 is 1.21 bits per heavy atom. The first-order valence-electron chi connectivity index (χ1n) is 5.96. The third-order valence-electron chi connectivity index (χ3n) is 2.70. The Morgan fingerprint density at radius 2 is 2.05 bits per heavy atom. The number of nitrogens with one attached hydrogen (secondary N) is 2. The smallest absolute Gasteiger partial charge is 0.222 e. The van der Waals surface area contributed by atoms with E-state index >= 15 is 0 Å². The molecular weight excluding hydrogens is 245 g/mol. The van der Waals surface area contributed by atoms with Crippen molar-refractivity contribution >= 4 is 17.0 Å². The first-order valence-corrected chi connectivity index (χ1v) is 5.96. The predicted octanol–water partition coefficient (Wildman–Crippen LogP) is 2.15. The molecule has 0 unspecified atom stereocenters. The van der Waals surface area contributed by atoms with E-state index in [1.54, 1.807) is 24.5 Å². The molecule has 1 aromatic carbocycles. The van der Waals surface area contributed by atoms with E-state index in [4.69, 9.17) is 0 Å². The highest BCUT2D eigenvalue weighted by Crippen LogP contribution is 2.13. The monoisotopic (exact) mass is 257 g/mol. The fourth-order valence-electron chi connectivity index (χ4n) is 1.84. The van der Waals surface area contributed by atoms with Crippen LogP contribution in [0.1, 0.15) is 5.82 Å². The molecule has 6 heteroatoms. The van der Waals surface area contributed by atoms with Gasteiger partial charge in [-0.15, -0.1) is 0 Å². The van der Waals surface area contributed by atoms with E-state index in [2.05, 4.69) is 25.3 Å². The summed E-state index contributed by atoms with van der Waals surface area (Å²) in [4.78, 5) is 15.6. The molecule has 0 atom stereocenters. The third kappa shape index (κ3) is 2.67. The maximum atomic E-state index is 13.0. The van der Waals surface area contributed by atoms with Crippen LogP contribution in [-0.2, 0) is 6.42 Å². The van der Waals surface area contributed by atoms with Gasteiger partial charge in [-0.05, 0) is 24.3 Å². The molecule has 0 radical (unpaired) electrons. The van der Waals surface area contributed by atoms with Crippen LogP contribution in [0.2, 0.25) is 0 Å². The molecule has 0 fully saturated rings. The second-order valence-electron chi connectivity index (χ2n) is 4.09. The zero-order valence-corrected chi connectivity index (χ0v) is 10.1. The highest BCUT2D eigenvalue weighted by atomic mass is 19.1. The number of H-pyrrole nitrogens is 1. The molecule has 2 aromatic heterocycles. The molecule has 0 amide bonds. The number of hydrogen-bond acceptors (Lipinski definition) is 4. The fraction of sp³-hybridized carbons (Fsp3) is 0.154. The second kappa shape index (κ2) is 5.01. The van der Waals surface area contributed by atoms with Crippen molar-refractivity contribution in [3.63, 3.8) is 0 Å². The average molecular weight is 257 g/mol. The summed E-state index contributed by atoms with van der Waals surface area (Å²) in [6.07, 6.45) is 4.05. The highest BCUT2D eigenvalue weighted by Gasteiger charge is 2.03. The quantitative estimate of drug-likeness (QED) is 0.751. The number of aromatic amines is 1. The maximum Gasteiger partial charge on any atom is 0.222 e. The molecule has 0 saturated carbocycles. The Bertz CT molecular complexity index is 680. The van der Waals surface area contributed by atoms with Gasteiger partial charge in [0.1, 0.15) is 11.6 Å². The van der Waals surface area contributed by atoms with Crippen LogP contribution in [0.4, 0.5) is 10.3 Å². The van der Waals surface area contributed by atoms with Crippen molar-refractivity contribution in [1.82, 2.24) is 19.9 Å². The number of halogens is 1. The van der Waals surface area contributed by atoms with Gasteiger partial charge in [-0.1, -0.05) is 0 Å². The lowest BCUT2D eigenvalue weighted by molar-refractivity contribution is 0.629. The van der Waals surface area contributed by atoms with Crippen LogP contribution in [-0.4, -0.2) is 26.5 Å². The molecule has 0 aliphatic carbocycles. The van der Waals surface area contributed by atoms with Gasteiger partial charge in [0.05, 0.1) is 11.0 Å². The summed E-state index contributed by atoms with van der Waals surface area (Å²) in [5, 5.41) is 3.09. The van der Waals surface area contributed by atoms with Gasteiger partial charge >= 0.3 is 0 Å². The normalized spacial score (nSPS) is 10.8. The molecule has 0 saturated heterocycles. The number of imidazole rings is 1. The Morgan fingerprint density at radius 3 is 2.89 bits per heavy atom. The van der Waals surface area contributed by atoms with E-state index in [1.165, 1.54) is 12.1 Å². The minimum Gasteiger partial charge on any atom is -0.354 e. The van der Waals surface area contributed by atoms with E-state index in [-0.39, 0.29) is 5.82 Å². The van der Waals surface area contributed by atoms with E-state index in [1.807, 2.05) is 0 Å².